The number of carbonyl (C=O) groups is 2. The molecule has 1 amide bonds. The summed E-state index contributed by atoms with van der Waals surface area (Å²) in [4.78, 5) is 28.5. The highest BCUT2D eigenvalue weighted by atomic mass is 35.5. The van der Waals surface area contributed by atoms with Gasteiger partial charge in [0.1, 0.15) is 0 Å². The Morgan fingerprint density at radius 1 is 1.05 bits per heavy atom. The van der Waals surface area contributed by atoms with Gasteiger partial charge >= 0.3 is 0 Å². The number of rotatable bonds is 6. The van der Waals surface area contributed by atoms with Crippen molar-refractivity contribution in [3.63, 3.8) is 0 Å². The predicted octanol–water partition coefficient (Wildman–Crippen LogP) is 4.76. The molecule has 4 N–H and O–H groups in total. The zero-order valence-corrected chi connectivity index (χ0v) is 22.3. The number of amides is 1. The van der Waals surface area contributed by atoms with Crippen LogP contribution in [-0.4, -0.2) is 32.9 Å². The van der Waals surface area contributed by atoms with E-state index in [-0.39, 0.29) is 27.7 Å². The van der Waals surface area contributed by atoms with E-state index in [1.807, 2.05) is 12.1 Å². The van der Waals surface area contributed by atoms with Gasteiger partial charge in [0.2, 0.25) is 5.12 Å². The van der Waals surface area contributed by atoms with Crippen molar-refractivity contribution in [2.45, 2.75) is 37.3 Å². The number of thioether (sulfide) groups is 1. The molecule has 3 atom stereocenters. The van der Waals surface area contributed by atoms with Crippen LogP contribution < -0.4 is 21.5 Å². The van der Waals surface area contributed by atoms with Gasteiger partial charge in [-0.15, -0.1) is 0 Å². The minimum atomic E-state index is -0.467. The zero-order chi connectivity index (χ0) is 25.8. The summed E-state index contributed by atoms with van der Waals surface area (Å²) < 4.78 is 0. The van der Waals surface area contributed by atoms with Crippen molar-refractivity contribution in [3.8, 4) is 0 Å². The molecule has 2 aliphatic rings. The molecule has 1 aliphatic carbocycles. The third-order valence-electron chi connectivity index (χ3n) is 6.63. The minimum Gasteiger partial charge on any atom is -0.355 e. The molecule has 37 heavy (non-hydrogen) atoms. The summed E-state index contributed by atoms with van der Waals surface area (Å²) in [5.41, 5.74) is 10.0. The molecule has 10 heteroatoms. The molecule has 0 spiro atoms. The van der Waals surface area contributed by atoms with E-state index < -0.39 is 6.04 Å². The molecule has 2 aromatic carbocycles. The van der Waals surface area contributed by atoms with Crippen molar-refractivity contribution in [2.75, 3.05) is 11.2 Å². The topological polar surface area (TPSA) is 95.2 Å². The average Bonchev–Trinajstić information content (AvgIpc) is 3.32. The zero-order valence-electron chi connectivity index (χ0n) is 19.9. The van der Waals surface area contributed by atoms with Gasteiger partial charge in [-0.3, -0.25) is 20.4 Å². The van der Waals surface area contributed by atoms with E-state index in [1.165, 1.54) is 40.7 Å². The fourth-order valence-electron chi connectivity index (χ4n) is 4.77. The highest BCUT2D eigenvalue weighted by molar-refractivity contribution is 8.14. The first-order valence-electron chi connectivity index (χ1n) is 12.1. The normalized spacial score (nSPS) is 20.6. The lowest BCUT2D eigenvalue weighted by Crippen LogP contribution is -2.42. The van der Waals surface area contributed by atoms with E-state index >= 15 is 0 Å². The lowest BCUT2D eigenvalue weighted by atomic mass is 9.77. The maximum atomic E-state index is 12.5. The number of anilines is 1. The Balaban J connectivity index is 1.20. The Hall–Kier alpha value is -3.14. The van der Waals surface area contributed by atoms with Crippen LogP contribution in [0.2, 0.25) is 5.02 Å². The molecule has 1 fully saturated rings. The van der Waals surface area contributed by atoms with Gasteiger partial charge in [-0.25, -0.2) is 4.98 Å². The van der Waals surface area contributed by atoms with E-state index in [9.17, 15) is 9.59 Å². The second kappa shape index (κ2) is 11.5. The second-order valence-corrected chi connectivity index (χ2v) is 11.0. The molecule has 1 aromatic heterocycles. The average molecular weight is 552 g/mol. The molecular weight excluding hydrogens is 526 g/mol. The Morgan fingerprint density at radius 2 is 1.84 bits per heavy atom. The molecule has 2 unspecified atom stereocenters. The second-order valence-electron chi connectivity index (χ2n) is 9.06. The van der Waals surface area contributed by atoms with Crippen molar-refractivity contribution in [1.29, 1.82) is 0 Å². The van der Waals surface area contributed by atoms with Gasteiger partial charge < -0.3 is 10.6 Å². The van der Waals surface area contributed by atoms with Crippen LogP contribution in [0.4, 0.5) is 5.82 Å². The van der Waals surface area contributed by atoms with Crippen LogP contribution in [0.5, 0.6) is 0 Å². The third-order valence-corrected chi connectivity index (χ3v) is 8.15. The molecule has 2 heterocycles. The van der Waals surface area contributed by atoms with Crippen LogP contribution >= 0.6 is 35.6 Å². The molecule has 7 nitrogen and oxygen atoms in total. The maximum Gasteiger partial charge on any atom is 0.253 e. The van der Waals surface area contributed by atoms with Gasteiger partial charge in [-0.2, -0.15) is 0 Å². The molecule has 0 saturated carbocycles. The summed E-state index contributed by atoms with van der Waals surface area (Å²) in [6, 6.07) is 20.1. The van der Waals surface area contributed by atoms with E-state index in [2.05, 4.69) is 68.9 Å². The largest absolute Gasteiger partial charge is 0.355 e. The van der Waals surface area contributed by atoms with E-state index in [0.29, 0.717) is 29.0 Å². The van der Waals surface area contributed by atoms with Crippen molar-refractivity contribution < 1.29 is 9.59 Å². The lowest BCUT2D eigenvalue weighted by Gasteiger charge is -2.33. The standard InChI is InChI=1S/C27H26ClN5O2S2/c28-21-13-19(25(34)30-22-10-11-37-26(22)35)15-29-24(21)32-33-27(36)31-23-14-18(16-6-2-1-3-7-16)12-17-8-4-5-9-20(17)23/h1-9,13,15,18,22-23H,10-12,14H2,(H,29,32)(H,30,34)(H2,31,33,36)/t18-,22?,23?/m0/s1. The van der Waals surface area contributed by atoms with Crippen molar-refractivity contribution in [1.82, 2.24) is 21.0 Å². The Labute approximate surface area is 230 Å². The van der Waals surface area contributed by atoms with Gasteiger partial charge in [0.15, 0.2) is 10.9 Å². The van der Waals surface area contributed by atoms with Gasteiger partial charge in [-0.1, -0.05) is 78.0 Å². The Bertz CT molecular complexity index is 1320. The first kappa shape index (κ1) is 25.5. The number of halogens is 1. The SMILES string of the molecule is O=C(NC1CCSC1=O)c1cnc(NNC(=S)NC2C[C@@H](c3ccccc3)Cc3ccccc32)c(Cl)c1. The maximum absolute atomic E-state index is 12.5. The fraction of sp³-hybridized carbons (Fsp3) is 0.259. The minimum absolute atomic E-state index is 0.0217. The van der Waals surface area contributed by atoms with E-state index in [1.54, 1.807) is 0 Å². The smallest absolute Gasteiger partial charge is 0.253 e. The molecule has 190 valence electrons. The van der Waals surface area contributed by atoms with Crippen molar-refractivity contribution in [2.24, 2.45) is 0 Å². The van der Waals surface area contributed by atoms with E-state index in [0.717, 1.165) is 12.8 Å². The summed E-state index contributed by atoms with van der Waals surface area (Å²) in [6.07, 6.45) is 3.94. The van der Waals surface area contributed by atoms with Crippen LogP contribution in [0, 0.1) is 0 Å². The number of hydrogen-bond donors (Lipinski definition) is 4. The fourth-order valence-corrected chi connectivity index (χ4v) is 6.11. The molecular formula is C27H26ClN5O2S2. The van der Waals surface area contributed by atoms with Crippen molar-refractivity contribution in [3.05, 3.63) is 94.1 Å². The molecule has 0 radical (unpaired) electrons. The Kier molecular flexibility index (Phi) is 7.93. The summed E-state index contributed by atoms with van der Waals surface area (Å²) in [6.45, 7) is 0. The van der Waals surface area contributed by atoms with E-state index in [4.69, 9.17) is 23.8 Å². The van der Waals surface area contributed by atoms with Gasteiger partial charge in [0.05, 0.1) is 22.7 Å². The molecule has 0 bridgehead atoms. The molecule has 1 aliphatic heterocycles. The third kappa shape index (κ3) is 6.06. The van der Waals surface area contributed by atoms with Gasteiger partial charge in [-0.05, 0) is 60.2 Å². The number of thiocarbonyl (C=S) groups is 1. The van der Waals surface area contributed by atoms with Gasteiger partial charge in [0, 0.05) is 11.9 Å². The number of fused-ring (bicyclic) bond motifs is 1. The van der Waals surface area contributed by atoms with Crippen LogP contribution in [0.3, 0.4) is 0 Å². The summed E-state index contributed by atoms with van der Waals surface area (Å²) in [5.74, 6) is 1.05. The van der Waals surface area contributed by atoms with Crippen molar-refractivity contribution >= 4 is 57.5 Å². The number of hydrogen-bond acceptors (Lipinski definition) is 6. The number of nitrogens with one attached hydrogen (secondary N) is 4. The number of benzene rings is 2. The molecule has 1 saturated heterocycles. The number of pyridine rings is 1. The van der Waals surface area contributed by atoms with Crippen LogP contribution in [0.25, 0.3) is 0 Å². The van der Waals surface area contributed by atoms with Crippen LogP contribution in [0.1, 0.15) is 51.8 Å². The quantitative estimate of drug-likeness (QED) is 0.257. The number of aromatic nitrogens is 1. The monoisotopic (exact) mass is 551 g/mol. The summed E-state index contributed by atoms with van der Waals surface area (Å²) in [5, 5.41) is 6.80. The number of nitrogens with zero attached hydrogens (tertiary/aromatic N) is 1. The highest BCUT2D eigenvalue weighted by Gasteiger charge is 2.29. The van der Waals surface area contributed by atoms with Gasteiger partial charge in [0.25, 0.3) is 5.91 Å². The summed E-state index contributed by atoms with van der Waals surface area (Å²) in [7, 11) is 0. The van der Waals surface area contributed by atoms with Crippen LogP contribution in [0.15, 0.2) is 66.9 Å². The first-order chi connectivity index (χ1) is 18.0. The number of hydrazine groups is 1. The highest BCUT2D eigenvalue weighted by Crippen LogP contribution is 2.38. The molecule has 5 rings (SSSR count). The number of carbonyl (C=O) groups excluding carboxylic acids is 2. The predicted molar refractivity (Wildman–Crippen MR) is 152 cm³/mol. The summed E-state index contributed by atoms with van der Waals surface area (Å²) >= 11 is 13.2. The van der Waals surface area contributed by atoms with Crippen LogP contribution in [-0.2, 0) is 11.2 Å². The molecule has 3 aromatic rings. The first-order valence-corrected chi connectivity index (χ1v) is 13.8. The Morgan fingerprint density at radius 3 is 2.59 bits per heavy atom. The lowest BCUT2D eigenvalue weighted by molar-refractivity contribution is -0.112.